The maximum Gasteiger partial charge on any atom is 0.338 e. The van der Waals surface area contributed by atoms with Crippen LogP contribution in [-0.4, -0.2) is 88.5 Å². The van der Waals surface area contributed by atoms with Crippen molar-refractivity contribution in [1.82, 2.24) is 20.1 Å². The van der Waals surface area contributed by atoms with Crippen molar-refractivity contribution in [2.24, 2.45) is 10.4 Å². The van der Waals surface area contributed by atoms with Crippen molar-refractivity contribution in [2.45, 2.75) is 71.0 Å². The van der Waals surface area contributed by atoms with E-state index in [1.54, 1.807) is 54.3 Å². The molecule has 0 spiro atoms. The molecule has 2 fully saturated rings. The highest BCUT2D eigenvalue weighted by Crippen LogP contribution is 2.43. The molecule has 0 amide bonds. The van der Waals surface area contributed by atoms with E-state index in [1.165, 1.54) is 17.4 Å². The van der Waals surface area contributed by atoms with Crippen molar-refractivity contribution < 1.29 is 32.6 Å². The first kappa shape index (κ1) is 32.1. The largest absolute Gasteiger partial charge is 0.481 e. The van der Waals surface area contributed by atoms with Crippen molar-refractivity contribution >= 4 is 29.1 Å². The summed E-state index contributed by atoms with van der Waals surface area (Å²) >= 11 is 1.33. The van der Waals surface area contributed by atoms with Crippen LogP contribution >= 0.6 is 11.3 Å². The Morgan fingerprint density at radius 1 is 1.27 bits per heavy atom. The number of esters is 1. The van der Waals surface area contributed by atoms with Crippen molar-refractivity contribution in [1.29, 1.82) is 0 Å². The Kier molecular flexibility index (Phi) is 9.20. The summed E-state index contributed by atoms with van der Waals surface area (Å²) in [6, 6.07) is 2.05. The number of fused-ring (bicyclic) bond motifs is 1. The van der Waals surface area contributed by atoms with Crippen LogP contribution in [0.5, 0.6) is 0 Å². The molecule has 1 aromatic carbocycles. The number of benzene rings is 1. The van der Waals surface area contributed by atoms with E-state index < -0.39 is 53.8 Å². The lowest BCUT2D eigenvalue weighted by molar-refractivity contribution is -0.147. The molecule has 9 nitrogen and oxygen atoms in total. The van der Waals surface area contributed by atoms with Gasteiger partial charge in [-0.2, -0.15) is 0 Å². The SMILES string of the molecule is CCCOC(=O)C1=C(CN2CC(F)(F)[C@H]3[C@@H]2CCN3CCC(C)(C)C(=O)O)NC(c2nccs2)=N[C@H]1c1cccc(F)c1C. The molecular weight excluding hydrogens is 595 g/mol. The molecule has 0 saturated carbocycles. The van der Waals surface area contributed by atoms with Crippen LogP contribution in [0.15, 0.2) is 46.0 Å². The van der Waals surface area contributed by atoms with E-state index in [1.807, 2.05) is 6.92 Å². The predicted molar refractivity (Wildman–Crippen MR) is 160 cm³/mol. The number of nitrogens with one attached hydrogen (secondary N) is 1. The molecule has 0 unspecified atom stereocenters. The molecule has 0 bridgehead atoms. The summed E-state index contributed by atoms with van der Waals surface area (Å²) in [5.74, 6) is -4.75. The van der Waals surface area contributed by atoms with Gasteiger partial charge in [0.05, 0.1) is 30.2 Å². The van der Waals surface area contributed by atoms with Crippen LogP contribution in [0, 0.1) is 18.2 Å². The first-order valence-electron chi connectivity index (χ1n) is 14.8. The monoisotopic (exact) mass is 633 g/mol. The highest BCUT2D eigenvalue weighted by molar-refractivity contribution is 7.11. The molecule has 5 rings (SSSR count). The molecule has 13 heteroatoms. The van der Waals surface area contributed by atoms with Gasteiger partial charge >= 0.3 is 11.9 Å². The number of nitrogens with zero attached hydrogens (tertiary/aromatic N) is 4. The number of carboxylic acids is 1. The first-order valence-corrected chi connectivity index (χ1v) is 15.7. The Morgan fingerprint density at radius 2 is 2.05 bits per heavy atom. The maximum absolute atomic E-state index is 15.7. The van der Waals surface area contributed by atoms with E-state index in [0.29, 0.717) is 47.1 Å². The van der Waals surface area contributed by atoms with E-state index in [-0.39, 0.29) is 31.7 Å². The van der Waals surface area contributed by atoms with E-state index in [9.17, 15) is 19.1 Å². The van der Waals surface area contributed by atoms with E-state index in [2.05, 4.69) is 10.3 Å². The quantitative estimate of drug-likeness (QED) is 0.341. The molecule has 2 saturated heterocycles. The van der Waals surface area contributed by atoms with Crippen LogP contribution < -0.4 is 5.32 Å². The standard InChI is InChI=1S/C31H38F3N5O4S/c1-5-14-43-28(40)23-21(36-26(27-35-11-15-44-27)37-24(23)19-7-6-8-20(32)18(19)2)16-39-17-31(33,34)25-22(39)9-12-38(25)13-10-30(3,4)29(41)42/h6-8,11,15,22,24-25H,5,9-10,12-14,16-17H2,1-4H3,(H,36,37)(H,41,42)/t22-,24-,25+/m0/s1. The molecule has 0 radical (unpaired) electrons. The van der Waals surface area contributed by atoms with Crippen molar-refractivity contribution in [3.63, 3.8) is 0 Å². The van der Waals surface area contributed by atoms with Gasteiger partial charge in [-0.05, 0) is 63.8 Å². The summed E-state index contributed by atoms with van der Waals surface area (Å²) < 4.78 is 51.7. The minimum Gasteiger partial charge on any atom is -0.481 e. The number of aliphatic carboxylic acids is 1. The van der Waals surface area contributed by atoms with Gasteiger partial charge in [-0.3, -0.25) is 19.6 Å². The first-order chi connectivity index (χ1) is 20.8. The highest BCUT2D eigenvalue weighted by atomic mass is 32.1. The zero-order valence-electron chi connectivity index (χ0n) is 25.3. The molecule has 4 heterocycles. The molecule has 2 N–H and O–H groups in total. The zero-order chi connectivity index (χ0) is 31.8. The number of amidine groups is 1. The molecule has 2 aromatic rings. The molecule has 3 aliphatic rings. The van der Waals surface area contributed by atoms with Crippen LogP contribution in [0.25, 0.3) is 0 Å². The highest BCUT2D eigenvalue weighted by Gasteiger charge is 2.59. The number of halogens is 3. The number of carboxylic acid groups (broad SMARTS) is 1. The Morgan fingerprint density at radius 3 is 2.73 bits per heavy atom. The number of rotatable bonds is 11. The summed E-state index contributed by atoms with van der Waals surface area (Å²) in [6.45, 7) is 6.93. The average molecular weight is 634 g/mol. The second-order valence-electron chi connectivity index (χ2n) is 12.3. The van der Waals surface area contributed by atoms with Crippen LogP contribution in [0.1, 0.15) is 62.2 Å². The number of aliphatic imine (C=N–C) groups is 1. The third kappa shape index (κ3) is 6.27. The van der Waals surface area contributed by atoms with Gasteiger partial charge in [0.1, 0.15) is 11.9 Å². The van der Waals surface area contributed by atoms with Crippen LogP contribution in [0.4, 0.5) is 13.2 Å². The fraction of sp³-hybridized carbons (Fsp3) is 0.548. The van der Waals surface area contributed by atoms with Gasteiger partial charge in [0.25, 0.3) is 5.92 Å². The number of carbonyl (C=O) groups is 2. The minimum atomic E-state index is -3.06. The van der Waals surface area contributed by atoms with Crippen LogP contribution in [0.3, 0.4) is 0 Å². The van der Waals surface area contributed by atoms with Crippen LogP contribution in [-0.2, 0) is 14.3 Å². The number of thiazole rings is 1. The van der Waals surface area contributed by atoms with Gasteiger partial charge in [0.15, 0.2) is 10.8 Å². The Hall–Kier alpha value is -3.29. The zero-order valence-corrected chi connectivity index (χ0v) is 26.1. The number of hydrogen-bond acceptors (Lipinski definition) is 9. The van der Waals surface area contributed by atoms with Gasteiger partial charge < -0.3 is 15.2 Å². The Balaban J connectivity index is 1.51. The molecule has 0 aliphatic carbocycles. The Bertz CT molecular complexity index is 1460. The number of carbonyl (C=O) groups excluding carboxylic acids is 1. The predicted octanol–water partition coefficient (Wildman–Crippen LogP) is 4.78. The van der Waals surface area contributed by atoms with E-state index in [4.69, 9.17) is 9.73 Å². The van der Waals surface area contributed by atoms with Crippen molar-refractivity contribution in [3.8, 4) is 0 Å². The Labute approximate surface area is 258 Å². The molecule has 3 aliphatic heterocycles. The fourth-order valence-electron chi connectivity index (χ4n) is 6.24. The molecular formula is C31H38F3N5O4S. The third-order valence-corrected chi connectivity index (χ3v) is 9.55. The third-order valence-electron chi connectivity index (χ3n) is 8.77. The normalized spacial score (nSPS) is 23.8. The maximum atomic E-state index is 15.7. The summed E-state index contributed by atoms with van der Waals surface area (Å²) in [5, 5.41) is 15.1. The average Bonchev–Trinajstić information content (AvgIpc) is 3.71. The number of hydrogen-bond donors (Lipinski definition) is 2. The lowest BCUT2D eigenvalue weighted by atomic mass is 9.89. The van der Waals surface area contributed by atoms with Crippen molar-refractivity contribution in [3.05, 3.63) is 63.0 Å². The number of likely N-dealkylation sites (tertiary alicyclic amines) is 2. The second-order valence-corrected chi connectivity index (χ2v) is 13.2. The van der Waals surface area contributed by atoms with Crippen LogP contribution in [0.2, 0.25) is 0 Å². The summed E-state index contributed by atoms with van der Waals surface area (Å²) in [7, 11) is 0. The lowest BCUT2D eigenvalue weighted by Crippen LogP contribution is -2.46. The molecule has 238 valence electrons. The minimum absolute atomic E-state index is 0.0168. The smallest absolute Gasteiger partial charge is 0.338 e. The fourth-order valence-corrected chi connectivity index (χ4v) is 6.82. The number of alkyl halides is 2. The number of aromatic nitrogens is 1. The summed E-state index contributed by atoms with van der Waals surface area (Å²) in [6.07, 6.45) is 2.90. The molecule has 3 atom stereocenters. The van der Waals surface area contributed by atoms with Crippen molar-refractivity contribution in [2.75, 3.05) is 32.8 Å². The van der Waals surface area contributed by atoms with E-state index in [0.717, 1.165) is 0 Å². The van der Waals surface area contributed by atoms with E-state index >= 15 is 8.78 Å². The number of ether oxygens (including phenoxy) is 1. The second kappa shape index (κ2) is 12.6. The van der Waals surface area contributed by atoms with Gasteiger partial charge in [-0.25, -0.2) is 22.9 Å². The summed E-state index contributed by atoms with van der Waals surface area (Å²) in [5.41, 5.74) is 0.273. The van der Waals surface area contributed by atoms with Gasteiger partial charge in [0, 0.05) is 36.4 Å². The van der Waals surface area contributed by atoms with Gasteiger partial charge in [-0.15, -0.1) is 11.3 Å². The summed E-state index contributed by atoms with van der Waals surface area (Å²) in [4.78, 5) is 37.8. The topological polar surface area (TPSA) is 107 Å². The molecule has 1 aromatic heterocycles. The van der Waals surface area contributed by atoms with Gasteiger partial charge in [0.2, 0.25) is 0 Å². The van der Waals surface area contributed by atoms with Gasteiger partial charge in [-0.1, -0.05) is 19.1 Å². The molecule has 44 heavy (non-hydrogen) atoms. The lowest BCUT2D eigenvalue weighted by Gasteiger charge is -2.31.